The maximum Gasteiger partial charge on any atom is 0.186 e. The van der Waals surface area contributed by atoms with Gasteiger partial charge in [0.25, 0.3) is 0 Å². The average Bonchev–Trinajstić information content (AvgIpc) is 2.40. The lowest BCUT2D eigenvalue weighted by Crippen LogP contribution is -2.46. The molecule has 1 aromatic rings. The summed E-state index contributed by atoms with van der Waals surface area (Å²) in [5.74, 6) is 0.0675. The molecule has 0 amide bonds. The van der Waals surface area contributed by atoms with E-state index in [1.54, 1.807) is 6.92 Å². The highest BCUT2D eigenvalue weighted by Gasteiger charge is 2.14. The van der Waals surface area contributed by atoms with Crippen LogP contribution in [-0.2, 0) is 0 Å². The Morgan fingerprint density at radius 2 is 2.11 bits per heavy atom. The van der Waals surface area contributed by atoms with Gasteiger partial charge in [-0.15, -0.1) is 0 Å². The molecule has 6 heteroatoms. The van der Waals surface area contributed by atoms with E-state index in [0.29, 0.717) is 11.5 Å². The fraction of sp³-hybridized carbons (Fsp3) is 0.667. The highest BCUT2D eigenvalue weighted by Crippen LogP contribution is 2.15. The van der Waals surface area contributed by atoms with Crippen LogP contribution in [-0.4, -0.2) is 61.2 Å². The topological polar surface area (TPSA) is 44.3 Å². The molecule has 5 nitrogen and oxygen atoms in total. The van der Waals surface area contributed by atoms with Crippen molar-refractivity contribution in [1.82, 2.24) is 20.2 Å². The molecule has 1 aromatic heterocycles. The van der Waals surface area contributed by atoms with Gasteiger partial charge in [0, 0.05) is 46.3 Å². The molecule has 2 heterocycles. The third-order valence-electron chi connectivity index (χ3n) is 3.27. The number of nitrogens with one attached hydrogen (secondary N) is 1. The van der Waals surface area contributed by atoms with E-state index in [0.717, 1.165) is 39.3 Å². The van der Waals surface area contributed by atoms with Crippen molar-refractivity contribution in [3.63, 3.8) is 0 Å². The number of rotatable bonds is 4. The molecular weight excluding hydrogens is 233 g/mol. The van der Waals surface area contributed by atoms with Gasteiger partial charge >= 0.3 is 0 Å². The number of anilines is 1. The number of aromatic nitrogens is 2. The van der Waals surface area contributed by atoms with Crippen molar-refractivity contribution >= 4 is 5.82 Å². The van der Waals surface area contributed by atoms with E-state index in [9.17, 15) is 4.39 Å². The van der Waals surface area contributed by atoms with Crippen molar-refractivity contribution in [1.29, 1.82) is 0 Å². The molecule has 1 aliphatic rings. The lowest BCUT2D eigenvalue weighted by molar-refractivity contribution is 0.246. The van der Waals surface area contributed by atoms with Crippen LogP contribution >= 0.6 is 0 Å². The Bertz CT molecular complexity index is 392. The van der Waals surface area contributed by atoms with E-state index >= 15 is 0 Å². The van der Waals surface area contributed by atoms with Gasteiger partial charge in [0.1, 0.15) is 6.33 Å². The molecule has 0 unspecified atom stereocenters. The Morgan fingerprint density at radius 1 is 1.39 bits per heavy atom. The van der Waals surface area contributed by atoms with E-state index in [1.165, 1.54) is 6.33 Å². The van der Waals surface area contributed by atoms with Gasteiger partial charge in [-0.3, -0.25) is 4.90 Å². The molecule has 0 saturated carbocycles. The first-order chi connectivity index (χ1) is 8.68. The van der Waals surface area contributed by atoms with E-state index in [2.05, 4.69) is 20.2 Å². The van der Waals surface area contributed by atoms with E-state index in [-0.39, 0.29) is 5.82 Å². The lowest BCUT2D eigenvalue weighted by atomic mass is 10.3. The van der Waals surface area contributed by atoms with Gasteiger partial charge in [0.15, 0.2) is 11.6 Å². The summed E-state index contributed by atoms with van der Waals surface area (Å²) in [4.78, 5) is 12.1. The fourth-order valence-electron chi connectivity index (χ4n) is 2.04. The Hall–Kier alpha value is -1.27. The van der Waals surface area contributed by atoms with Crippen LogP contribution in [0.15, 0.2) is 6.33 Å². The smallest absolute Gasteiger partial charge is 0.186 e. The summed E-state index contributed by atoms with van der Waals surface area (Å²) in [6.07, 6.45) is 1.41. The normalized spacial score (nSPS) is 16.8. The molecule has 0 aromatic carbocycles. The quantitative estimate of drug-likeness (QED) is 0.834. The monoisotopic (exact) mass is 253 g/mol. The molecule has 1 aliphatic heterocycles. The van der Waals surface area contributed by atoms with Crippen LogP contribution in [0.25, 0.3) is 0 Å². The van der Waals surface area contributed by atoms with Crippen molar-refractivity contribution in [2.75, 3.05) is 51.2 Å². The van der Waals surface area contributed by atoms with Crippen LogP contribution in [0.3, 0.4) is 0 Å². The Labute approximate surface area is 107 Å². The van der Waals surface area contributed by atoms with Crippen molar-refractivity contribution in [3.05, 3.63) is 17.8 Å². The summed E-state index contributed by atoms with van der Waals surface area (Å²) in [5, 5.41) is 3.31. The molecule has 0 bridgehead atoms. The molecule has 0 aliphatic carbocycles. The summed E-state index contributed by atoms with van der Waals surface area (Å²) < 4.78 is 13.8. The third-order valence-corrected chi connectivity index (χ3v) is 3.27. The van der Waals surface area contributed by atoms with Crippen LogP contribution in [0, 0.1) is 12.7 Å². The molecule has 1 N–H and O–H groups in total. The Balaban J connectivity index is 1.90. The lowest BCUT2D eigenvalue weighted by Gasteiger charge is -2.29. The molecule has 18 heavy (non-hydrogen) atoms. The first-order valence-corrected chi connectivity index (χ1v) is 6.30. The number of aryl methyl sites for hydroxylation is 1. The van der Waals surface area contributed by atoms with Crippen LogP contribution in [0.1, 0.15) is 5.69 Å². The second kappa shape index (κ2) is 6.06. The van der Waals surface area contributed by atoms with Gasteiger partial charge in [-0.1, -0.05) is 0 Å². The highest BCUT2D eigenvalue weighted by molar-refractivity contribution is 5.39. The molecule has 1 saturated heterocycles. The summed E-state index contributed by atoms with van der Waals surface area (Å²) in [6.45, 7) is 7.53. The van der Waals surface area contributed by atoms with Crippen LogP contribution in [0.5, 0.6) is 0 Å². The SMILES string of the molecule is Cc1ncnc(N(C)CCN2CCNCC2)c1F. The van der Waals surface area contributed by atoms with E-state index in [1.807, 2.05) is 11.9 Å². The minimum atomic E-state index is -0.319. The summed E-state index contributed by atoms with van der Waals surface area (Å²) in [5.41, 5.74) is 0.397. The third kappa shape index (κ3) is 3.14. The van der Waals surface area contributed by atoms with Crippen LogP contribution < -0.4 is 10.2 Å². The molecule has 0 atom stereocenters. The van der Waals surface area contributed by atoms with E-state index < -0.39 is 0 Å². The zero-order valence-corrected chi connectivity index (χ0v) is 11.0. The molecule has 0 radical (unpaired) electrons. The zero-order chi connectivity index (χ0) is 13.0. The number of piperazine rings is 1. The Morgan fingerprint density at radius 3 is 2.83 bits per heavy atom. The van der Waals surface area contributed by atoms with Crippen molar-refractivity contribution in [3.8, 4) is 0 Å². The van der Waals surface area contributed by atoms with Crippen molar-refractivity contribution in [2.24, 2.45) is 0 Å². The first kappa shape index (κ1) is 13.2. The summed E-state index contributed by atoms with van der Waals surface area (Å²) in [7, 11) is 1.87. The standard InChI is InChI=1S/C12H20FN5/c1-10-11(13)12(16-9-15-10)17(2)7-8-18-5-3-14-4-6-18/h9,14H,3-8H2,1-2H3. The molecular formula is C12H20FN5. The van der Waals surface area contributed by atoms with Crippen LogP contribution in [0.4, 0.5) is 10.2 Å². The van der Waals surface area contributed by atoms with Gasteiger partial charge < -0.3 is 10.2 Å². The number of likely N-dealkylation sites (N-methyl/N-ethyl adjacent to an activating group) is 1. The minimum Gasteiger partial charge on any atom is -0.356 e. The number of halogens is 1. The van der Waals surface area contributed by atoms with E-state index in [4.69, 9.17) is 0 Å². The first-order valence-electron chi connectivity index (χ1n) is 6.30. The number of hydrogen-bond acceptors (Lipinski definition) is 5. The Kier molecular flexibility index (Phi) is 4.43. The summed E-state index contributed by atoms with van der Waals surface area (Å²) in [6, 6.07) is 0. The van der Waals surface area contributed by atoms with Crippen molar-refractivity contribution in [2.45, 2.75) is 6.92 Å². The highest BCUT2D eigenvalue weighted by atomic mass is 19.1. The predicted molar refractivity (Wildman–Crippen MR) is 69.3 cm³/mol. The van der Waals surface area contributed by atoms with Gasteiger partial charge in [0.05, 0.1) is 5.69 Å². The predicted octanol–water partition coefficient (Wildman–Crippen LogP) is 0.266. The summed E-state index contributed by atoms with van der Waals surface area (Å²) >= 11 is 0. The zero-order valence-electron chi connectivity index (χ0n) is 11.0. The maximum atomic E-state index is 13.8. The second-order valence-electron chi connectivity index (χ2n) is 4.61. The fourth-order valence-corrected chi connectivity index (χ4v) is 2.04. The molecule has 1 fully saturated rings. The molecule has 2 rings (SSSR count). The number of nitrogens with zero attached hydrogens (tertiary/aromatic N) is 4. The van der Waals surface area contributed by atoms with Crippen LogP contribution in [0.2, 0.25) is 0 Å². The van der Waals surface area contributed by atoms with Crippen molar-refractivity contribution < 1.29 is 4.39 Å². The number of hydrogen-bond donors (Lipinski definition) is 1. The van der Waals surface area contributed by atoms with Gasteiger partial charge in [0.2, 0.25) is 0 Å². The maximum absolute atomic E-state index is 13.8. The van der Waals surface area contributed by atoms with Gasteiger partial charge in [-0.05, 0) is 6.92 Å². The molecule has 0 spiro atoms. The minimum absolute atomic E-state index is 0.319. The second-order valence-corrected chi connectivity index (χ2v) is 4.61. The molecule has 100 valence electrons. The van der Waals surface area contributed by atoms with Gasteiger partial charge in [-0.25, -0.2) is 14.4 Å². The average molecular weight is 253 g/mol. The largest absolute Gasteiger partial charge is 0.356 e. The van der Waals surface area contributed by atoms with Gasteiger partial charge in [-0.2, -0.15) is 0 Å².